The first kappa shape index (κ1) is 20.1. The van der Waals surface area contributed by atoms with Gasteiger partial charge in [0, 0.05) is 28.3 Å². The number of rotatable bonds is 7. The van der Waals surface area contributed by atoms with Gasteiger partial charge in [0.1, 0.15) is 11.5 Å². The summed E-state index contributed by atoms with van der Waals surface area (Å²) < 4.78 is 10.6. The highest BCUT2D eigenvalue weighted by Gasteiger charge is 2.16. The molecule has 0 atom stereocenters. The second-order valence-corrected chi connectivity index (χ2v) is 6.99. The van der Waals surface area contributed by atoms with E-state index in [1.54, 1.807) is 42.5 Å². The average Bonchev–Trinajstić information content (AvgIpc) is 3.19. The number of urea groups is 1. The molecule has 3 rings (SSSR count). The lowest BCUT2D eigenvalue weighted by Crippen LogP contribution is -2.36. The van der Waals surface area contributed by atoms with Crippen molar-refractivity contribution in [2.24, 2.45) is 0 Å². The van der Waals surface area contributed by atoms with Crippen LogP contribution in [-0.2, 0) is 13.0 Å². The Hall–Kier alpha value is -2.63. The smallest absolute Gasteiger partial charge is 0.322 e. The number of ether oxygens (including phenoxy) is 1. The summed E-state index contributed by atoms with van der Waals surface area (Å²) in [6, 6.07) is 16.0. The number of benzene rings is 2. The fourth-order valence-electron chi connectivity index (χ4n) is 2.73. The normalized spacial score (nSPS) is 10.5. The number of amides is 2. The molecule has 5 nitrogen and oxygen atoms in total. The maximum Gasteiger partial charge on any atom is 0.322 e. The first-order valence-electron chi connectivity index (χ1n) is 8.71. The fourth-order valence-corrected chi connectivity index (χ4v) is 3.23. The number of anilines is 1. The van der Waals surface area contributed by atoms with Crippen molar-refractivity contribution < 1.29 is 13.9 Å². The zero-order valence-electron chi connectivity index (χ0n) is 15.3. The van der Waals surface area contributed by atoms with Gasteiger partial charge in [-0.05, 0) is 48.4 Å². The van der Waals surface area contributed by atoms with Gasteiger partial charge in [-0.2, -0.15) is 0 Å². The Morgan fingerprint density at radius 1 is 1.14 bits per heavy atom. The number of hydrogen-bond acceptors (Lipinski definition) is 3. The maximum atomic E-state index is 12.9. The molecule has 0 unspecified atom stereocenters. The summed E-state index contributed by atoms with van der Waals surface area (Å²) in [6.07, 6.45) is 2.17. The number of nitrogens with zero attached hydrogens (tertiary/aromatic N) is 1. The molecule has 0 aliphatic heterocycles. The largest absolute Gasteiger partial charge is 0.497 e. The molecule has 146 valence electrons. The SMILES string of the molecule is COc1cccc(NC(=O)N(CCc2ccc(Cl)cc2Cl)Cc2ccco2)c1. The van der Waals surface area contributed by atoms with Crippen molar-refractivity contribution in [3.8, 4) is 5.75 Å². The molecule has 0 aliphatic rings. The van der Waals surface area contributed by atoms with Crippen LogP contribution in [-0.4, -0.2) is 24.6 Å². The van der Waals surface area contributed by atoms with Gasteiger partial charge in [0.2, 0.25) is 0 Å². The topological polar surface area (TPSA) is 54.7 Å². The van der Waals surface area contributed by atoms with E-state index >= 15 is 0 Å². The third-order valence-corrected chi connectivity index (χ3v) is 4.79. The van der Waals surface area contributed by atoms with Gasteiger partial charge in [-0.3, -0.25) is 0 Å². The van der Waals surface area contributed by atoms with Crippen LogP contribution in [0.2, 0.25) is 10.0 Å². The van der Waals surface area contributed by atoms with Gasteiger partial charge < -0.3 is 19.4 Å². The van der Waals surface area contributed by atoms with E-state index in [1.165, 1.54) is 0 Å². The van der Waals surface area contributed by atoms with Crippen molar-refractivity contribution in [3.63, 3.8) is 0 Å². The number of nitrogens with one attached hydrogen (secondary N) is 1. The molecule has 0 radical (unpaired) electrons. The molecule has 0 spiro atoms. The first-order chi connectivity index (χ1) is 13.5. The summed E-state index contributed by atoms with van der Waals surface area (Å²) in [6.45, 7) is 0.797. The lowest BCUT2D eigenvalue weighted by atomic mass is 10.1. The number of furan rings is 1. The third kappa shape index (κ3) is 5.44. The van der Waals surface area contributed by atoms with Crippen LogP contribution in [0, 0.1) is 0 Å². The highest BCUT2D eigenvalue weighted by atomic mass is 35.5. The zero-order valence-corrected chi connectivity index (χ0v) is 16.8. The second-order valence-electron chi connectivity index (χ2n) is 6.15. The number of hydrogen-bond donors (Lipinski definition) is 1. The molecule has 0 aliphatic carbocycles. The summed E-state index contributed by atoms with van der Waals surface area (Å²) >= 11 is 12.2. The Morgan fingerprint density at radius 2 is 2.00 bits per heavy atom. The molecule has 2 aromatic carbocycles. The molecule has 0 fully saturated rings. The quantitative estimate of drug-likeness (QED) is 0.521. The van der Waals surface area contributed by atoms with Gasteiger partial charge in [-0.15, -0.1) is 0 Å². The molecular formula is C21H20Cl2N2O3. The first-order valence-corrected chi connectivity index (χ1v) is 9.47. The summed E-state index contributed by atoms with van der Waals surface area (Å²) in [7, 11) is 1.58. The van der Waals surface area contributed by atoms with E-state index in [9.17, 15) is 4.79 Å². The fraction of sp³-hybridized carbons (Fsp3) is 0.190. The Bertz CT molecular complexity index is 929. The monoisotopic (exact) mass is 418 g/mol. The summed E-state index contributed by atoms with van der Waals surface area (Å²) in [5.41, 5.74) is 1.57. The van der Waals surface area contributed by atoms with Crippen molar-refractivity contribution >= 4 is 34.9 Å². The van der Waals surface area contributed by atoms with Crippen molar-refractivity contribution in [2.45, 2.75) is 13.0 Å². The van der Waals surface area contributed by atoms with E-state index in [1.807, 2.05) is 30.3 Å². The minimum Gasteiger partial charge on any atom is -0.497 e. The van der Waals surface area contributed by atoms with Gasteiger partial charge in [0.25, 0.3) is 0 Å². The molecule has 1 heterocycles. The van der Waals surface area contributed by atoms with E-state index in [2.05, 4.69) is 5.32 Å². The molecule has 28 heavy (non-hydrogen) atoms. The van der Waals surface area contributed by atoms with E-state index in [4.69, 9.17) is 32.4 Å². The zero-order chi connectivity index (χ0) is 19.9. The lowest BCUT2D eigenvalue weighted by molar-refractivity contribution is 0.205. The van der Waals surface area contributed by atoms with Gasteiger partial charge in [-0.25, -0.2) is 4.79 Å². The molecule has 1 N–H and O–H groups in total. The Labute approximate surface area is 173 Å². The highest BCUT2D eigenvalue weighted by molar-refractivity contribution is 6.35. The van der Waals surface area contributed by atoms with E-state index in [0.717, 1.165) is 5.56 Å². The van der Waals surface area contributed by atoms with Crippen molar-refractivity contribution in [1.29, 1.82) is 0 Å². The number of carbonyl (C=O) groups excluding carboxylic acids is 1. The number of halogens is 2. The van der Waals surface area contributed by atoms with Gasteiger partial charge in [0.15, 0.2) is 0 Å². The molecule has 0 saturated heterocycles. The van der Waals surface area contributed by atoms with Crippen molar-refractivity contribution in [2.75, 3.05) is 19.0 Å². The van der Waals surface area contributed by atoms with E-state index in [-0.39, 0.29) is 6.03 Å². The maximum absolute atomic E-state index is 12.9. The van der Waals surface area contributed by atoms with Crippen LogP contribution in [0.4, 0.5) is 10.5 Å². The minimum absolute atomic E-state index is 0.241. The predicted octanol–water partition coefficient (Wildman–Crippen LogP) is 5.87. The predicted molar refractivity (Wildman–Crippen MR) is 111 cm³/mol. The summed E-state index contributed by atoms with van der Waals surface area (Å²) in [5, 5.41) is 4.06. The van der Waals surface area contributed by atoms with Gasteiger partial charge in [0.05, 0.1) is 19.9 Å². The Morgan fingerprint density at radius 3 is 2.71 bits per heavy atom. The van der Waals surface area contributed by atoms with Crippen LogP contribution in [0.1, 0.15) is 11.3 Å². The van der Waals surface area contributed by atoms with Crippen LogP contribution in [0.5, 0.6) is 5.75 Å². The molecule has 2 amide bonds. The molecule has 3 aromatic rings. The molecule has 0 bridgehead atoms. The summed E-state index contributed by atoms with van der Waals surface area (Å²) in [4.78, 5) is 14.5. The molecule has 7 heteroatoms. The lowest BCUT2D eigenvalue weighted by Gasteiger charge is -2.22. The second kappa shape index (κ2) is 9.53. The average molecular weight is 419 g/mol. The van der Waals surface area contributed by atoms with Crippen LogP contribution >= 0.6 is 23.2 Å². The van der Waals surface area contributed by atoms with Crippen molar-refractivity contribution in [3.05, 3.63) is 82.2 Å². The number of carbonyl (C=O) groups is 1. The third-order valence-electron chi connectivity index (χ3n) is 4.20. The highest BCUT2D eigenvalue weighted by Crippen LogP contribution is 2.22. The van der Waals surface area contributed by atoms with Crippen LogP contribution < -0.4 is 10.1 Å². The molecular weight excluding hydrogens is 399 g/mol. The van der Waals surface area contributed by atoms with Crippen LogP contribution in [0.15, 0.2) is 65.3 Å². The van der Waals surface area contributed by atoms with Gasteiger partial charge >= 0.3 is 6.03 Å². The molecule has 1 aromatic heterocycles. The standard InChI is InChI=1S/C21H20Cl2N2O3/c1-27-18-5-2-4-17(13-18)24-21(26)25(14-19-6-3-11-28-19)10-9-15-7-8-16(22)12-20(15)23/h2-8,11-13H,9-10,14H2,1H3,(H,24,26). The van der Waals surface area contributed by atoms with Crippen LogP contribution in [0.25, 0.3) is 0 Å². The van der Waals surface area contributed by atoms with E-state index in [0.29, 0.717) is 46.8 Å². The molecule has 0 saturated carbocycles. The van der Waals surface area contributed by atoms with Crippen molar-refractivity contribution in [1.82, 2.24) is 4.90 Å². The van der Waals surface area contributed by atoms with E-state index < -0.39 is 0 Å². The minimum atomic E-state index is -0.241. The Kier molecular flexibility index (Phi) is 6.85. The Balaban J connectivity index is 1.72. The van der Waals surface area contributed by atoms with Crippen LogP contribution in [0.3, 0.4) is 0 Å². The number of methoxy groups -OCH3 is 1. The summed E-state index contributed by atoms with van der Waals surface area (Å²) in [5.74, 6) is 1.37. The van der Waals surface area contributed by atoms with Gasteiger partial charge in [-0.1, -0.05) is 35.3 Å².